The van der Waals surface area contributed by atoms with Crippen molar-refractivity contribution in [3.63, 3.8) is 0 Å². The second-order valence-electron chi connectivity index (χ2n) is 5.12. The molecule has 0 aliphatic carbocycles. The molecule has 3 nitrogen and oxygen atoms in total. The molecule has 0 amide bonds. The molecule has 18 heavy (non-hydrogen) atoms. The van der Waals surface area contributed by atoms with E-state index < -0.39 is 0 Å². The molecule has 0 radical (unpaired) electrons. The molecule has 3 heteroatoms. The Morgan fingerprint density at radius 2 is 2.33 bits per heavy atom. The van der Waals surface area contributed by atoms with Crippen LogP contribution < -0.4 is 15.0 Å². The molecular formula is C15H24N2O. The van der Waals surface area contributed by atoms with Crippen LogP contribution in [-0.4, -0.2) is 33.8 Å². The fraction of sp³-hybridized carbons (Fsp3) is 0.600. The third-order valence-corrected chi connectivity index (χ3v) is 3.77. The van der Waals surface area contributed by atoms with Gasteiger partial charge in [-0.15, -0.1) is 0 Å². The molecule has 1 aliphatic rings. The van der Waals surface area contributed by atoms with Crippen molar-refractivity contribution >= 4 is 5.69 Å². The third-order valence-electron chi connectivity index (χ3n) is 3.77. The molecule has 1 heterocycles. The Bertz CT molecular complexity index is 361. The van der Waals surface area contributed by atoms with E-state index in [0.29, 0.717) is 0 Å². The minimum Gasteiger partial charge on any atom is -0.497 e. The first kappa shape index (κ1) is 13.2. The van der Waals surface area contributed by atoms with Crippen molar-refractivity contribution in [1.29, 1.82) is 0 Å². The molecule has 0 aromatic heterocycles. The van der Waals surface area contributed by atoms with Gasteiger partial charge in [-0.05, 0) is 50.4 Å². The number of piperidine rings is 1. The van der Waals surface area contributed by atoms with Crippen LogP contribution in [0.1, 0.15) is 19.3 Å². The Hall–Kier alpha value is -1.22. The zero-order chi connectivity index (χ0) is 12.8. The van der Waals surface area contributed by atoms with Crippen molar-refractivity contribution in [3.8, 4) is 5.75 Å². The highest BCUT2D eigenvalue weighted by atomic mass is 16.5. The number of anilines is 1. The normalized spacial score (nSPS) is 19.6. The monoisotopic (exact) mass is 248 g/mol. The summed E-state index contributed by atoms with van der Waals surface area (Å²) in [5, 5.41) is 3.48. The molecule has 1 fully saturated rings. The van der Waals surface area contributed by atoms with Gasteiger partial charge in [0, 0.05) is 25.3 Å². The van der Waals surface area contributed by atoms with Crippen molar-refractivity contribution in [1.82, 2.24) is 5.32 Å². The lowest BCUT2D eigenvalue weighted by Gasteiger charge is -2.26. The molecule has 1 saturated heterocycles. The Morgan fingerprint density at radius 1 is 1.44 bits per heavy atom. The maximum Gasteiger partial charge on any atom is 0.120 e. The summed E-state index contributed by atoms with van der Waals surface area (Å²) >= 11 is 0. The largest absolute Gasteiger partial charge is 0.497 e. The first-order chi connectivity index (χ1) is 8.79. The van der Waals surface area contributed by atoms with Crippen LogP contribution >= 0.6 is 0 Å². The predicted octanol–water partition coefficient (Wildman–Crippen LogP) is 2.52. The fourth-order valence-corrected chi connectivity index (χ4v) is 2.52. The van der Waals surface area contributed by atoms with Gasteiger partial charge in [-0.2, -0.15) is 0 Å². The summed E-state index contributed by atoms with van der Waals surface area (Å²) in [6.07, 6.45) is 3.97. The average molecular weight is 248 g/mol. The van der Waals surface area contributed by atoms with E-state index in [-0.39, 0.29) is 0 Å². The first-order valence-corrected chi connectivity index (χ1v) is 6.85. The zero-order valence-corrected chi connectivity index (χ0v) is 11.5. The minimum atomic E-state index is 0.840. The Labute approximate surface area is 110 Å². The van der Waals surface area contributed by atoms with Gasteiger partial charge >= 0.3 is 0 Å². The van der Waals surface area contributed by atoms with Crippen molar-refractivity contribution < 1.29 is 4.74 Å². The number of nitrogens with one attached hydrogen (secondary N) is 1. The summed E-state index contributed by atoms with van der Waals surface area (Å²) in [5.74, 6) is 1.77. The van der Waals surface area contributed by atoms with E-state index in [1.54, 1.807) is 7.11 Å². The second-order valence-corrected chi connectivity index (χ2v) is 5.12. The quantitative estimate of drug-likeness (QED) is 0.866. The summed E-state index contributed by atoms with van der Waals surface area (Å²) in [5.41, 5.74) is 1.23. The van der Waals surface area contributed by atoms with Crippen LogP contribution in [0.4, 0.5) is 5.69 Å². The standard InChI is InChI=1S/C15H24N2O/c1-17(10-8-13-5-4-9-16-12-13)14-6-3-7-15(11-14)18-2/h3,6-7,11,13,16H,4-5,8-10,12H2,1-2H3. The number of benzene rings is 1. The highest BCUT2D eigenvalue weighted by Crippen LogP contribution is 2.21. The highest BCUT2D eigenvalue weighted by Gasteiger charge is 2.13. The summed E-state index contributed by atoms with van der Waals surface area (Å²) in [6, 6.07) is 8.27. The third kappa shape index (κ3) is 3.64. The van der Waals surface area contributed by atoms with Crippen LogP contribution in [-0.2, 0) is 0 Å². The maximum absolute atomic E-state index is 5.26. The van der Waals surface area contributed by atoms with Gasteiger partial charge in [-0.1, -0.05) is 6.07 Å². The molecule has 0 bridgehead atoms. The summed E-state index contributed by atoms with van der Waals surface area (Å²) in [6.45, 7) is 3.49. The lowest BCUT2D eigenvalue weighted by molar-refractivity contribution is 0.360. The lowest BCUT2D eigenvalue weighted by atomic mass is 9.96. The minimum absolute atomic E-state index is 0.840. The van der Waals surface area contributed by atoms with E-state index in [4.69, 9.17) is 4.74 Å². The molecule has 1 aromatic rings. The lowest BCUT2D eigenvalue weighted by Crippen LogP contribution is -2.32. The van der Waals surface area contributed by atoms with Crippen LogP contribution in [0.15, 0.2) is 24.3 Å². The van der Waals surface area contributed by atoms with Crippen LogP contribution in [0.3, 0.4) is 0 Å². The van der Waals surface area contributed by atoms with Gasteiger partial charge < -0.3 is 15.0 Å². The summed E-state index contributed by atoms with van der Waals surface area (Å²) in [7, 11) is 3.87. The molecule has 0 spiro atoms. The Balaban J connectivity index is 1.84. The number of hydrogen-bond acceptors (Lipinski definition) is 3. The van der Waals surface area contributed by atoms with E-state index in [9.17, 15) is 0 Å². The van der Waals surface area contributed by atoms with Gasteiger partial charge in [0.2, 0.25) is 0 Å². The number of ether oxygens (including phenoxy) is 1. The molecular weight excluding hydrogens is 224 g/mol. The highest BCUT2D eigenvalue weighted by molar-refractivity contribution is 5.49. The van der Waals surface area contributed by atoms with Crippen molar-refractivity contribution in [3.05, 3.63) is 24.3 Å². The summed E-state index contributed by atoms with van der Waals surface area (Å²) in [4.78, 5) is 2.32. The average Bonchev–Trinajstić information content (AvgIpc) is 2.46. The van der Waals surface area contributed by atoms with Gasteiger partial charge in [0.15, 0.2) is 0 Å². The molecule has 1 atom stereocenters. The van der Waals surface area contributed by atoms with E-state index in [2.05, 4.69) is 29.4 Å². The zero-order valence-electron chi connectivity index (χ0n) is 11.5. The van der Waals surface area contributed by atoms with Crippen LogP contribution in [0.25, 0.3) is 0 Å². The smallest absolute Gasteiger partial charge is 0.120 e. The van der Waals surface area contributed by atoms with Gasteiger partial charge in [-0.25, -0.2) is 0 Å². The molecule has 1 unspecified atom stereocenters. The van der Waals surface area contributed by atoms with Gasteiger partial charge in [0.1, 0.15) is 5.75 Å². The predicted molar refractivity (Wildman–Crippen MR) is 76.5 cm³/mol. The molecule has 100 valence electrons. The van der Waals surface area contributed by atoms with Gasteiger partial charge in [-0.3, -0.25) is 0 Å². The molecule has 2 rings (SSSR count). The molecule has 1 aromatic carbocycles. The second kappa shape index (κ2) is 6.64. The van der Waals surface area contributed by atoms with Gasteiger partial charge in [0.25, 0.3) is 0 Å². The summed E-state index contributed by atoms with van der Waals surface area (Å²) < 4.78 is 5.26. The van der Waals surface area contributed by atoms with Gasteiger partial charge in [0.05, 0.1) is 7.11 Å². The van der Waals surface area contributed by atoms with E-state index in [1.807, 2.05) is 12.1 Å². The number of rotatable bonds is 5. The van der Waals surface area contributed by atoms with Crippen LogP contribution in [0.5, 0.6) is 5.75 Å². The molecule has 0 saturated carbocycles. The van der Waals surface area contributed by atoms with E-state index >= 15 is 0 Å². The Kier molecular flexibility index (Phi) is 4.88. The molecule has 1 N–H and O–H groups in total. The number of methoxy groups -OCH3 is 1. The van der Waals surface area contributed by atoms with Crippen molar-refractivity contribution in [2.75, 3.05) is 38.7 Å². The first-order valence-electron chi connectivity index (χ1n) is 6.85. The van der Waals surface area contributed by atoms with Crippen molar-refractivity contribution in [2.24, 2.45) is 5.92 Å². The maximum atomic E-state index is 5.26. The van der Waals surface area contributed by atoms with Crippen molar-refractivity contribution in [2.45, 2.75) is 19.3 Å². The SMILES string of the molecule is COc1cccc(N(C)CCC2CCCNC2)c1. The van der Waals surface area contributed by atoms with E-state index in [0.717, 1.165) is 18.2 Å². The topological polar surface area (TPSA) is 24.5 Å². The number of hydrogen-bond donors (Lipinski definition) is 1. The number of nitrogens with zero attached hydrogens (tertiary/aromatic N) is 1. The van der Waals surface area contributed by atoms with Crippen LogP contribution in [0, 0.1) is 5.92 Å². The Morgan fingerprint density at radius 3 is 3.06 bits per heavy atom. The fourth-order valence-electron chi connectivity index (χ4n) is 2.52. The van der Waals surface area contributed by atoms with E-state index in [1.165, 1.54) is 38.0 Å². The molecule has 1 aliphatic heterocycles. The van der Waals surface area contributed by atoms with Crippen LogP contribution in [0.2, 0.25) is 0 Å².